The van der Waals surface area contributed by atoms with Crippen molar-refractivity contribution in [2.75, 3.05) is 6.54 Å². The number of aromatic nitrogens is 2. The molecule has 1 aliphatic rings. The molecule has 0 radical (unpaired) electrons. The predicted octanol–water partition coefficient (Wildman–Crippen LogP) is 6.14. The molecule has 5 rings (SSSR count). The molecule has 2 aromatic heterocycles. The Labute approximate surface area is 210 Å². The molecule has 2 N–H and O–H groups in total. The van der Waals surface area contributed by atoms with Crippen molar-refractivity contribution >= 4 is 21.6 Å². The van der Waals surface area contributed by atoms with E-state index < -0.39 is 6.10 Å². The molecule has 6 heteroatoms. The van der Waals surface area contributed by atoms with Gasteiger partial charge in [-0.3, -0.25) is 9.69 Å². The van der Waals surface area contributed by atoms with Crippen LogP contribution in [0.15, 0.2) is 58.7 Å². The topological polar surface area (TPSA) is 69.2 Å². The maximum Gasteiger partial charge on any atom is 0.260 e. The van der Waals surface area contributed by atoms with Crippen molar-refractivity contribution in [2.45, 2.75) is 64.6 Å². The van der Waals surface area contributed by atoms with Crippen LogP contribution in [-0.4, -0.2) is 32.6 Å². The van der Waals surface area contributed by atoms with E-state index in [-0.39, 0.29) is 5.56 Å². The van der Waals surface area contributed by atoms with E-state index >= 15 is 0 Å². The Morgan fingerprint density at radius 2 is 1.86 bits per heavy atom. The second-order valence-corrected chi connectivity index (χ2v) is 10.6. The number of nitrogens with zero attached hydrogens (tertiary/aromatic N) is 2. The van der Waals surface area contributed by atoms with E-state index in [1.807, 2.05) is 35.7 Å². The zero-order valence-corrected chi connectivity index (χ0v) is 21.3. The molecule has 0 saturated heterocycles. The van der Waals surface area contributed by atoms with E-state index in [1.165, 1.54) is 41.7 Å². The molecular weight excluding hydrogens is 454 g/mol. The normalized spacial score (nSPS) is 15.7. The Balaban J connectivity index is 1.44. The Hall–Kier alpha value is -2.80. The number of aliphatic hydroxyl groups is 1. The maximum absolute atomic E-state index is 13.3. The number of fused-ring (bicyclic) bond motifs is 1. The van der Waals surface area contributed by atoms with Crippen molar-refractivity contribution in [3.05, 3.63) is 86.8 Å². The fourth-order valence-corrected chi connectivity index (χ4v) is 6.14. The van der Waals surface area contributed by atoms with Crippen LogP contribution >= 0.6 is 11.3 Å². The molecule has 35 heavy (non-hydrogen) atoms. The van der Waals surface area contributed by atoms with Crippen molar-refractivity contribution < 1.29 is 5.11 Å². The quantitative estimate of drug-likeness (QED) is 0.329. The van der Waals surface area contributed by atoms with Crippen molar-refractivity contribution in [1.82, 2.24) is 14.9 Å². The smallest absolute Gasteiger partial charge is 0.260 e. The lowest BCUT2D eigenvalue weighted by Crippen LogP contribution is -2.39. The van der Waals surface area contributed by atoms with Crippen LogP contribution < -0.4 is 5.56 Å². The average molecular weight is 488 g/mol. The Kier molecular flexibility index (Phi) is 7.14. The van der Waals surface area contributed by atoms with Gasteiger partial charge in [0.05, 0.1) is 18.0 Å². The molecule has 1 atom stereocenters. The minimum atomic E-state index is -0.577. The monoisotopic (exact) mass is 487 g/mol. The summed E-state index contributed by atoms with van der Waals surface area (Å²) in [6.07, 6.45) is 5.33. The molecule has 4 aromatic rings. The maximum atomic E-state index is 13.3. The predicted molar refractivity (Wildman–Crippen MR) is 144 cm³/mol. The van der Waals surface area contributed by atoms with Gasteiger partial charge in [-0.2, -0.15) is 0 Å². The van der Waals surface area contributed by atoms with Gasteiger partial charge >= 0.3 is 0 Å². The largest absolute Gasteiger partial charge is 0.387 e. The Morgan fingerprint density at radius 1 is 1.09 bits per heavy atom. The molecule has 2 heterocycles. The molecular formula is C29H33N3O2S. The van der Waals surface area contributed by atoms with Gasteiger partial charge in [-0.25, -0.2) is 4.98 Å². The van der Waals surface area contributed by atoms with E-state index in [2.05, 4.69) is 41.9 Å². The number of hydrogen-bond donors (Lipinski definition) is 2. The Morgan fingerprint density at radius 3 is 2.60 bits per heavy atom. The molecule has 0 bridgehead atoms. The molecule has 1 saturated carbocycles. The summed E-state index contributed by atoms with van der Waals surface area (Å²) in [5.74, 6) is 0.668. The average Bonchev–Trinajstić information content (AvgIpc) is 3.31. The summed E-state index contributed by atoms with van der Waals surface area (Å²) in [4.78, 5) is 24.3. The minimum Gasteiger partial charge on any atom is -0.387 e. The summed E-state index contributed by atoms with van der Waals surface area (Å²) in [6.45, 7) is 5.24. The van der Waals surface area contributed by atoms with Gasteiger partial charge in [0.15, 0.2) is 0 Å². The first kappa shape index (κ1) is 23.9. The van der Waals surface area contributed by atoms with Crippen LogP contribution in [0.3, 0.4) is 0 Å². The molecule has 0 amide bonds. The van der Waals surface area contributed by atoms with Crippen LogP contribution in [0.1, 0.15) is 60.7 Å². The number of thiophene rings is 1. The number of hydrogen-bond acceptors (Lipinski definition) is 5. The lowest BCUT2D eigenvalue weighted by Gasteiger charge is -2.35. The fourth-order valence-electron chi connectivity index (χ4n) is 5.17. The van der Waals surface area contributed by atoms with Gasteiger partial charge in [-0.05, 0) is 48.9 Å². The highest BCUT2D eigenvalue weighted by Gasteiger charge is 2.25. The zero-order valence-electron chi connectivity index (χ0n) is 20.5. The van der Waals surface area contributed by atoms with Crippen molar-refractivity contribution in [3.8, 4) is 11.1 Å². The number of nitrogens with one attached hydrogen (secondary N) is 1. The lowest BCUT2D eigenvalue weighted by molar-refractivity contribution is 0.0657. The van der Waals surface area contributed by atoms with Crippen LogP contribution in [0.25, 0.3) is 21.3 Å². The molecule has 0 spiro atoms. The van der Waals surface area contributed by atoms with Crippen LogP contribution in [0.5, 0.6) is 0 Å². The van der Waals surface area contributed by atoms with Gasteiger partial charge < -0.3 is 10.1 Å². The van der Waals surface area contributed by atoms with E-state index in [0.717, 1.165) is 34.4 Å². The third kappa shape index (κ3) is 5.25. The molecule has 182 valence electrons. The standard InChI is InChI=1S/C29H33N3O2S/c1-19-13-14-22(15-20(19)2)24-18-35-29-27(24)28(34)30-26(31-29)17-32(23-11-7-4-8-12-23)16-25(33)21-9-5-3-6-10-21/h3,5-6,9-10,13-15,18,23,25,33H,4,7-8,11-12,16-17H2,1-2H3,(H,30,31,34). The molecule has 0 aliphatic heterocycles. The number of H-pyrrole nitrogens is 1. The highest BCUT2D eigenvalue weighted by atomic mass is 32.1. The zero-order chi connectivity index (χ0) is 24.4. The van der Waals surface area contributed by atoms with E-state index in [4.69, 9.17) is 4.98 Å². The van der Waals surface area contributed by atoms with Gasteiger partial charge in [-0.1, -0.05) is 67.8 Å². The van der Waals surface area contributed by atoms with Crippen molar-refractivity contribution in [3.63, 3.8) is 0 Å². The second-order valence-electron chi connectivity index (χ2n) is 9.79. The molecule has 1 fully saturated rings. The fraction of sp³-hybridized carbons (Fsp3) is 0.379. The van der Waals surface area contributed by atoms with Gasteiger partial charge in [0.1, 0.15) is 10.7 Å². The number of aromatic amines is 1. The second kappa shape index (κ2) is 10.4. The van der Waals surface area contributed by atoms with Crippen molar-refractivity contribution in [1.29, 1.82) is 0 Å². The van der Waals surface area contributed by atoms with Crippen LogP contribution in [0.4, 0.5) is 0 Å². The van der Waals surface area contributed by atoms with Crippen molar-refractivity contribution in [2.24, 2.45) is 0 Å². The van der Waals surface area contributed by atoms with Gasteiger partial charge in [0, 0.05) is 23.5 Å². The summed E-state index contributed by atoms with van der Waals surface area (Å²) in [7, 11) is 0. The summed E-state index contributed by atoms with van der Waals surface area (Å²) in [6, 6.07) is 16.5. The highest BCUT2D eigenvalue weighted by molar-refractivity contribution is 7.17. The number of benzene rings is 2. The number of aliphatic hydroxyl groups excluding tert-OH is 1. The van der Waals surface area contributed by atoms with Crippen LogP contribution in [0.2, 0.25) is 0 Å². The van der Waals surface area contributed by atoms with E-state index in [1.54, 1.807) is 0 Å². The molecule has 1 unspecified atom stereocenters. The highest BCUT2D eigenvalue weighted by Crippen LogP contribution is 2.32. The first-order valence-corrected chi connectivity index (χ1v) is 13.4. The van der Waals surface area contributed by atoms with Gasteiger partial charge in [-0.15, -0.1) is 11.3 Å². The van der Waals surface area contributed by atoms with Crippen LogP contribution in [-0.2, 0) is 6.54 Å². The summed E-state index contributed by atoms with van der Waals surface area (Å²) in [5, 5.41) is 13.7. The Bertz CT molecular complexity index is 1360. The van der Waals surface area contributed by atoms with E-state index in [0.29, 0.717) is 30.3 Å². The third-order valence-electron chi connectivity index (χ3n) is 7.35. The van der Waals surface area contributed by atoms with Gasteiger partial charge in [0.25, 0.3) is 5.56 Å². The first-order chi connectivity index (χ1) is 17.0. The van der Waals surface area contributed by atoms with E-state index in [9.17, 15) is 9.90 Å². The number of rotatable bonds is 7. The number of aryl methyl sites for hydroxylation is 2. The first-order valence-electron chi connectivity index (χ1n) is 12.5. The minimum absolute atomic E-state index is 0.0910. The lowest BCUT2D eigenvalue weighted by atomic mass is 9.93. The summed E-state index contributed by atoms with van der Waals surface area (Å²) in [5.41, 5.74) is 5.27. The summed E-state index contributed by atoms with van der Waals surface area (Å²) >= 11 is 1.52. The molecule has 2 aromatic carbocycles. The summed E-state index contributed by atoms with van der Waals surface area (Å²) < 4.78 is 0. The third-order valence-corrected chi connectivity index (χ3v) is 8.22. The molecule has 5 nitrogen and oxygen atoms in total. The molecule has 1 aliphatic carbocycles. The van der Waals surface area contributed by atoms with Gasteiger partial charge in [0.2, 0.25) is 0 Å². The SMILES string of the molecule is Cc1ccc(-c2csc3nc(CN(CC(O)c4ccccc4)C4CCCCC4)[nH]c(=O)c23)cc1C. The van der Waals surface area contributed by atoms with Crippen LogP contribution in [0, 0.1) is 13.8 Å².